The zero-order valence-electron chi connectivity index (χ0n) is 10.9. The maximum absolute atomic E-state index is 10.8. The van der Waals surface area contributed by atoms with Gasteiger partial charge in [0, 0.05) is 12.3 Å². The number of nitrogens with two attached hydrogens (primary N) is 1. The molecule has 3 N–H and O–H groups in total. The topological polar surface area (TPSA) is 112 Å². The fourth-order valence-corrected chi connectivity index (χ4v) is 2.35. The Morgan fingerprint density at radius 2 is 2.38 bits per heavy atom. The minimum Gasteiger partial charge on any atom is -0.368 e. The maximum atomic E-state index is 10.8. The van der Waals surface area contributed by atoms with Crippen LogP contribution >= 0.6 is 11.3 Å². The molecular formula is C12H12N6O2S. The van der Waals surface area contributed by atoms with Gasteiger partial charge in [-0.15, -0.1) is 11.3 Å². The summed E-state index contributed by atoms with van der Waals surface area (Å²) in [5, 5.41) is 13.0. The van der Waals surface area contributed by atoms with Crippen molar-refractivity contribution in [2.24, 2.45) is 5.73 Å². The van der Waals surface area contributed by atoms with E-state index >= 15 is 0 Å². The second-order valence-electron chi connectivity index (χ2n) is 4.21. The molecule has 0 aromatic carbocycles. The lowest BCUT2D eigenvalue weighted by Gasteiger charge is -1.98. The summed E-state index contributed by atoms with van der Waals surface area (Å²) in [7, 11) is 0. The Morgan fingerprint density at radius 1 is 1.48 bits per heavy atom. The second kappa shape index (κ2) is 5.75. The molecule has 0 radical (unpaired) electrons. The molecule has 0 saturated carbocycles. The van der Waals surface area contributed by atoms with Gasteiger partial charge in [0.15, 0.2) is 0 Å². The van der Waals surface area contributed by atoms with E-state index < -0.39 is 5.91 Å². The molecule has 0 atom stereocenters. The Hall–Kier alpha value is -2.68. The van der Waals surface area contributed by atoms with Crippen molar-refractivity contribution in [3.8, 4) is 10.7 Å². The van der Waals surface area contributed by atoms with Crippen molar-refractivity contribution in [2.75, 3.05) is 5.32 Å². The van der Waals surface area contributed by atoms with Gasteiger partial charge in [-0.2, -0.15) is 10.1 Å². The number of carbonyl (C=O) groups is 1. The van der Waals surface area contributed by atoms with E-state index in [1.54, 1.807) is 23.6 Å². The number of carbonyl (C=O) groups excluding carboxylic acids is 1. The van der Waals surface area contributed by atoms with E-state index in [0.717, 1.165) is 4.88 Å². The molecular weight excluding hydrogens is 292 g/mol. The van der Waals surface area contributed by atoms with Gasteiger partial charge in [0.2, 0.25) is 17.6 Å². The number of amides is 1. The lowest BCUT2D eigenvalue weighted by Crippen LogP contribution is -2.19. The number of hydrogen-bond donors (Lipinski definition) is 2. The van der Waals surface area contributed by atoms with Gasteiger partial charge >= 0.3 is 0 Å². The average Bonchev–Trinajstić information content (AvgIpc) is 3.17. The molecule has 21 heavy (non-hydrogen) atoms. The van der Waals surface area contributed by atoms with Crippen LogP contribution in [0.5, 0.6) is 0 Å². The molecule has 0 bridgehead atoms. The number of nitrogens with one attached hydrogen (secondary N) is 1. The van der Waals surface area contributed by atoms with Crippen LogP contribution in [0.25, 0.3) is 10.7 Å². The molecule has 1 amide bonds. The molecule has 0 spiro atoms. The Kier molecular flexibility index (Phi) is 3.65. The summed E-state index contributed by atoms with van der Waals surface area (Å²) in [6.07, 6.45) is 1.66. The van der Waals surface area contributed by atoms with Gasteiger partial charge in [-0.05, 0) is 11.4 Å². The summed E-state index contributed by atoms with van der Waals surface area (Å²) in [5.74, 6) is 1.19. The number of thiophene rings is 1. The van der Waals surface area contributed by atoms with Crippen LogP contribution < -0.4 is 11.1 Å². The standard InChI is InChI=1S/C12H12N6O2S/c13-9(19)7-18-4-3-10(16-18)14-6-11-15-12(17-20-11)8-2-1-5-21-8/h1-5H,6-7H2,(H2,13,19)(H,14,16). The fourth-order valence-electron chi connectivity index (χ4n) is 1.70. The minimum atomic E-state index is -0.442. The predicted molar refractivity (Wildman–Crippen MR) is 76.4 cm³/mol. The van der Waals surface area contributed by atoms with E-state index in [1.807, 2.05) is 17.5 Å². The summed E-state index contributed by atoms with van der Waals surface area (Å²) < 4.78 is 6.61. The van der Waals surface area contributed by atoms with Crippen molar-refractivity contribution < 1.29 is 9.32 Å². The van der Waals surface area contributed by atoms with Crippen LogP contribution in [-0.4, -0.2) is 25.8 Å². The van der Waals surface area contributed by atoms with Crippen molar-refractivity contribution in [1.82, 2.24) is 19.9 Å². The van der Waals surface area contributed by atoms with Crippen molar-refractivity contribution >= 4 is 23.1 Å². The molecule has 0 aliphatic heterocycles. The number of anilines is 1. The van der Waals surface area contributed by atoms with E-state index in [0.29, 0.717) is 24.1 Å². The van der Waals surface area contributed by atoms with Crippen LogP contribution in [0, 0.1) is 0 Å². The third-order valence-electron chi connectivity index (χ3n) is 2.59. The van der Waals surface area contributed by atoms with E-state index in [2.05, 4.69) is 20.6 Å². The van der Waals surface area contributed by atoms with Gasteiger partial charge in [-0.3, -0.25) is 9.48 Å². The van der Waals surface area contributed by atoms with Gasteiger partial charge < -0.3 is 15.6 Å². The summed E-state index contributed by atoms with van der Waals surface area (Å²) in [6, 6.07) is 5.59. The highest BCUT2D eigenvalue weighted by Gasteiger charge is 2.09. The largest absolute Gasteiger partial charge is 0.368 e. The molecule has 9 heteroatoms. The van der Waals surface area contributed by atoms with Gasteiger partial charge in [0.1, 0.15) is 12.4 Å². The average molecular weight is 304 g/mol. The predicted octanol–water partition coefficient (Wildman–Crippen LogP) is 1.09. The zero-order chi connectivity index (χ0) is 14.7. The third-order valence-corrected chi connectivity index (χ3v) is 3.45. The van der Waals surface area contributed by atoms with E-state index in [1.165, 1.54) is 4.68 Å². The lowest BCUT2D eigenvalue weighted by atomic mass is 10.4. The van der Waals surface area contributed by atoms with Crippen LogP contribution in [0.1, 0.15) is 5.89 Å². The molecule has 0 aliphatic carbocycles. The second-order valence-corrected chi connectivity index (χ2v) is 5.16. The molecule has 8 nitrogen and oxygen atoms in total. The molecule has 0 unspecified atom stereocenters. The van der Waals surface area contributed by atoms with E-state index in [-0.39, 0.29) is 6.54 Å². The Bertz CT molecular complexity index is 733. The first-order valence-electron chi connectivity index (χ1n) is 6.13. The van der Waals surface area contributed by atoms with E-state index in [9.17, 15) is 4.79 Å². The summed E-state index contributed by atoms with van der Waals surface area (Å²) >= 11 is 1.55. The number of primary amides is 1. The van der Waals surface area contributed by atoms with Crippen LogP contribution in [0.15, 0.2) is 34.3 Å². The highest BCUT2D eigenvalue weighted by molar-refractivity contribution is 7.13. The fraction of sp³-hybridized carbons (Fsp3) is 0.167. The van der Waals surface area contributed by atoms with Gasteiger partial charge in [-0.25, -0.2) is 0 Å². The first-order chi connectivity index (χ1) is 10.2. The Balaban J connectivity index is 1.60. The molecule has 3 rings (SSSR count). The van der Waals surface area contributed by atoms with Gasteiger partial charge in [-0.1, -0.05) is 11.2 Å². The molecule has 0 saturated heterocycles. The van der Waals surface area contributed by atoms with Gasteiger partial charge in [0.25, 0.3) is 0 Å². The normalized spacial score (nSPS) is 10.7. The summed E-state index contributed by atoms with van der Waals surface area (Å²) in [6.45, 7) is 0.400. The molecule has 3 heterocycles. The lowest BCUT2D eigenvalue weighted by molar-refractivity contribution is -0.118. The minimum absolute atomic E-state index is 0.0464. The number of rotatable bonds is 6. The van der Waals surface area contributed by atoms with Crippen molar-refractivity contribution in [2.45, 2.75) is 13.1 Å². The Morgan fingerprint density at radius 3 is 3.14 bits per heavy atom. The number of nitrogens with zero attached hydrogens (tertiary/aromatic N) is 4. The maximum Gasteiger partial charge on any atom is 0.246 e. The van der Waals surface area contributed by atoms with Crippen LogP contribution in [0.4, 0.5) is 5.82 Å². The first kappa shape index (κ1) is 13.3. The smallest absolute Gasteiger partial charge is 0.246 e. The third kappa shape index (κ3) is 3.26. The molecule has 0 fully saturated rings. The molecule has 3 aromatic heterocycles. The zero-order valence-corrected chi connectivity index (χ0v) is 11.7. The quantitative estimate of drug-likeness (QED) is 0.705. The van der Waals surface area contributed by atoms with Crippen LogP contribution in [0.3, 0.4) is 0 Å². The number of aromatic nitrogens is 4. The molecule has 3 aromatic rings. The molecule has 0 aliphatic rings. The van der Waals surface area contributed by atoms with Crippen LogP contribution in [-0.2, 0) is 17.9 Å². The first-order valence-corrected chi connectivity index (χ1v) is 7.01. The number of hydrogen-bond acceptors (Lipinski definition) is 7. The molecule has 108 valence electrons. The van der Waals surface area contributed by atoms with Crippen molar-refractivity contribution in [1.29, 1.82) is 0 Å². The Labute approximate surface area is 123 Å². The van der Waals surface area contributed by atoms with Crippen molar-refractivity contribution in [3.63, 3.8) is 0 Å². The van der Waals surface area contributed by atoms with E-state index in [4.69, 9.17) is 10.3 Å². The SMILES string of the molecule is NC(=O)Cn1ccc(NCc2nc(-c3cccs3)no2)n1. The van der Waals surface area contributed by atoms with Crippen molar-refractivity contribution in [3.05, 3.63) is 35.7 Å². The summed E-state index contributed by atoms with van der Waals surface area (Å²) in [5.41, 5.74) is 5.10. The highest BCUT2D eigenvalue weighted by Crippen LogP contribution is 2.21. The van der Waals surface area contributed by atoms with Crippen LogP contribution in [0.2, 0.25) is 0 Å². The summed E-state index contributed by atoms with van der Waals surface area (Å²) in [4.78, 5) is 16.0. The highest BCUT2D eigenvalue weighted by atomic mass is 32.1. The van der Waals surface area contributed by atoms with Gasteiger partial charge in [0.05, 0.1) is 11.4 Å². The monoisotopic (exact) mass is 304 g/mol.